The molecule has 27 heavy (non-hydrogen) atoms. The van der Waals surface area contributed by atoms with Gasteiger partial charge in [-0.2, -0.15) is 11.8 Å². The van der Waals surface area contributed by atoms with Crippen molar-refractivity contribution in [2.45, 2.75) is 12.5 Å². The molecule has 0 unspecified atom stereocenters. The average molecular weight is 406 g/mol. The van der Waals surface area contributed by atoms with Crippen molar-refractivity contribution >= 4 is 41.1 Å². The first-order valence-electron chi connectivity index (χ1n) is 8.22. The van der Waals surface area contributed by atoms with E-state index >= 15 is 0 Å². The van der Waals surface area contributed by atoms with Gasteiger partial charge < -0.3 is 5.32 Å². The van der Waals surface area contributed by atoms with Crippen molar-refractivity contribution < 1.29 is 14.4 Å². The first-order valence-corrected chi connectivity index (χ1v) is 9.99. The van der Waals surface area contributed by atoms with Gasteiger partial charge in [0.05, 0.1) is 0 Å². The lowest BCUT2D eigenvalue weighted by Gasteiger charge is -2.18. The van der Waals surface area contributed by atoms with Gasteiger partial charge in [-0.15, -0.1) is 0 Å². The van der Waals surface area contributed by atoms with Crippen molar-refractivity contribution in [3.8, 4) is 0 Å². The Morgan fingerprint density at radius 3 is 2.19 bits per heavy atom. The molecular formula is C19H20ClN3O3S. The summed E-state index contributed by atoms with van der Waals surface area (Å²) in [5.41, 5.74) is 5.53. The van der Waals surface area contributed by atoms with Crippen LogP contribution in [0.1, 0.15) is 27.1 Å². The zero-order valence-corrected chi connectivity index (χ0v) is 16.3. The molecule has 0 saturated carbocycles. The summed E-state index contributed by atoms with van der Waals surface area (Å²) < 4.78 is 0. The van der Waals surface area contributed by atoms with Crippen molar-refractivity contribution in [1.82, 2.24) is 16.2 Å². The molecule has 0 aliphatic heterocycles. The molecule has 8 heteroatoms. The Morgan fingerprint density at radius 1 is 0.926 bits per heavy atom. The van der Waals surface area contributed by atoms with Crippen LogP contribution in [0.15, 0.2) is 54.6 Å². The third kappa shape index (κ3) is 6.62. The number of rotatable bonds is 7. The van der Waals surface area contributed by atoms with Crippen LogP contribution >= 0.6 is 23.4 Å². The Balaban J connectivity index is 1.96. The van der Waals surface area contributed by atoms with Gasteiger partial charge in [-0.3, -0.25) is 25.2 Å². The van der Waals surface area contributed by atoms with E-state index in [1.165, 1.54) is 0 Å². The number of carbonyl (C=O) groups excluding carboxylic acids is 3. The number of hydrazine groups is 1. The van der Waals surface area contributed by atoms with Gasteiger partial charge in [0, 0.05) is 16.1 Å². The van der Waals surface area contributed by atoms with Crippen LogP contribution in [0, 0.1) is 0 Å². The summed E-state index contributed by atoms with van der Waals surface area (Å²) in [6.45, 7) is 0. The average Bonchev–Trinajstić information content (AvgIpc) is 2.70. The predicted molar refractivity (Wildman–Crippen MR) is 108 cm³/mol. The molecule has 6 nitrogen and oxygen atoms in total. The molecule has 0 saturated heterocycles. The van der Waals surface area contributed by atoms with Gasteiger partial charge in [0.25, 0.3) is 17.7 Å². The lowest BCUT2D eigenvalue weighted by atomic mass is 10.1. The van der Waals surface area contributed by atoms with Crippen molar-refractivity contribution in [3.05, 3.63) is 70.7 Å². The number of hydrogen-bond acceptors (Lipinski definition) is 4. The second kappa shape index (κ2) is 10.6. The zero-order valence-electron chi connectivity index (χ0n) is 14.7. The molecule has 142 valence electrons. The minimum Gasteiger partial charge on any atom is -0.340 e. The SMILES string of the molecule is CSCC[C@H](NC(=O)c1ccccc1)C(=O)NNC(=O)c1ccc(Cl)cc1. The summed E-state index contributed by atoms with van der Waals surface area (Å²) in [5, 5.41) is 3.22. The fourth-order valence-corrected chi connectivity index (χ4v) is 2.81. The number of thioether (sulfide) groups is 1. The van der Waals surface area contributed by atoms with Crippen LogP contribution < -0.4 is 16.2 Å². The third-order valence-electron chi connectivity index (χ3n) is 3.67. The molecule has 0 aliphatic rings. The molecule has 0 fully saturated rings. The second-order valence-electron chi connectivity index (χ2n) is 5.62. The molecule has 3 N–H and O–H groups in total. The van der Waals surface area contributed by atoms with Crippen molar-refractivity contribution in [3.63, 3.8) is 0 Å². The van der Waals surface area contributed by atoms with Crippen LogP contribution in [0.2, 0.25) is 5.02 Å². The maximum Gasteiger partial charge on any atom is 0.269 e. The molecule has 0 radical (unpaired) electrons. The molecular weight excluding hydrogens is 386 g/mol. The number of hydrogen-bond donors (Lipinski definition) is 3. The highest BCUT2D eigenvalue weighted by Gasteiger charge is 2.21. The van der Waals surface area contributed by atoms with Crippen LogP contribution in [-0.2, 0) is 4.79 Å². The fourth-order valence-electron chi connectivity index (χ4n) is 2.21. The van der Waals surface area contributed by atoms with Crippen molar-refractivity contribution in [1.29, 1.82) is 0 Å². The number of benzene rings is 2. The Kier molecular flexibility index (Phi) is 8.16. The van der Waals surface area contributed by atoms with Gasteiger partial charge >= 0.3 is 0 Å². The molecule has 2 rings (SSSR count). The van der Waals surface area contributed by atoms with Gasteiger partial charge in [0.15, 0.2) is 0 Å². The predicted octanol–water partition coefficient (Wildman–Crippen LogP) is 2.65. The molecule has 0 aliphatic carbocycles. The maximum absolute atomic E-state index is 12.4. The van der Waals surface area contributed by atoms with E-state index < -0.39 is 17.9 Å². The van der Waals surface area contributed by atoms with Gasteiger partial charge in [-0.25, -0.2) is 0 Å². The quantitative estimate of drug-likeness (QED) is 0.618. The molecule has 0 heterocycles. The van der Waals surface area contributed by atoms with Crippen LogP contribution in [0.3, 0.4) is 0 Å². The monoisotopic (exact) mass is 405 g/mol. The normalized spacial score (nSPS) is 11.3. The minimum atomic E-state index is -0.768. The van der Waals surface area contributed by atoms with E-state index in [0.717, 1.165) is 0 Å². The van der Waals surface area contributed by atoms with E-state index in [0.29, 0.717) is 28.3 Å². The highest BCUT2D eigenvalue weighted by Crippen LogP contribution is 2.09. The smallest absolute Gasteiger partial charge is 0.269 e. The number of amides is 3. The summed E-state index contributed by atoms with van der Waals surface area (Å²) in [4.78, 5) is 36.8. The van der Waals surface area contributed by atoms with Crippen LogP contribution in [0.25, 0.3) is 0 Å². The third-order valence-corrected chi connectivity index (χ3v) is 4.57. The molecule has 0 spiro atoms. The highest BCUT2D eigenvalue weighted by molar-refractivity contribution is 7.98. The van der Waals surface area contributed by atoms with E-state index in [9.17, 15) is 14.4 Å². The maximum atomic E-state index is 12.4. The summed E-state index contributed by atoms with van der Waals surface area (Å²) in [5.74, 6) is -0.632. The van der Waals surface area contributed by atoms with Gasteiger partial charge in [0.1, 0.15) is 6.04 Å². The molecule has 3 amide bonds. The highest BCUT2D eigenvalue weighted by atomic mass is 35.5. The Morgan fingerprint density at radius 2 is 1.56 bits per heavy atom. The van der Waals surface area contributed by atoms with Gasteiger partial charge in [0.2, 0.25) is 0 Å². The first-order chi connectivity index (χ1) is 13.0. The lowest BCUT2D eigenvalue weighted by molar-refractivity contribution is -0.123. The Bertz CT molecular complexity index is 785. The van der Waals surface area contributed by atoms with E-state index in [2.05, 4.69) is 16.2 Å². The summed E-state index contributed by atoms with van der Waals surface area (Å²) in [6.07, 6.45) is 2.35. The standard InChI is InChI=1S/C19H20ClN3O3S/c1-27-12-11-16(21-17(24)13-5-3-2-4-6-13)19(26)23-22-18(25)14-7-9-15(20)10-8-14/h2-10,16H,11-12H2,1H3,(H,21,24)(H,22,25)(H,23,26)/t16-/m0/s1. The van der Waals surface area contributed by atoms with E-state index in [1.807, 2.05) is 6.26 Å². The van der Waals surface area contributed by atoms with E-state index in [4.69, 9.17) is 11.6 Å². The summed E-state index contributed by atoms with van der Waals surface area (Å²) >= 11 is 7.35. The molecule has 0 aromatic heterocycles. The van der Waals surface area contributed by atoms with Crippen molar-refractivity contribution in [2.75, 3.05) is 12.0 Å². The number of halogens is 1. The zero-order chi connectivity index (χ0) is 19.6. The topological polar surface area (TPSA) is 87.3 Å². The van der Waals surface area contributed by atoms with E-state index in [-0.39, 0.29) is 5.91 Å². The largest absolute Gasteiger partial charge is 0.340 e. The Hall–Kier alpha value is -2.51. The fraction of sp³-hybridized carbons (Fsp3) is 0.211. The molecule has 1 atom stereocenters. The van der Waals surface area contributed by atoms with Crippen LogP contribution in [0.5, 0.6) is 0 Å². The van der Waals surface area contributed by atoms with Crippen molar-refractivity contribution in [2.24, 2.45) is 0 Å². The molecule has 2 aromatic carbocycles. The second-order valence-corrected chi connectivity index (χ2v) is 7.05. The summed E-state index contributed by atoms with van der Waals surface area (Å²) in [7, 11) is 0. The number of carbonyl (C=O) groups is 3. The number of nitrogens with one attached hydrogen (secondary N) is 3. The lowest BCUT2D eigenvalue weighted by Crippen LogP contribution is -2.52. The first kappa shape index (κ1) is 20.8. The van der Waals surface area contributed by atoms with Crippen LogP contribution in [0.4, 0.5) is 0 Å². The molecule has 0 bridgehead atoms. The minimum absolute atomic E-state index is 0.346. The van der Waals surface area contributed by atoms with E-state index in [1.54, 1.807) is 66.4 Å². The molecule has 2 aromatic rings. The van der Waals surface area contributed by atoms with Gasteiger partial charge in [-0.1, -0.05) is 29.8 Å². The van der Waals surface area contributed by atoms with Gasteiger partial charge in [-0.05, 0) is 54.8 Å². The van der Waals surface area contributed by atoms with Crippen LogP contribution in [-0.4, -0.2) is 35.8 Å². The summed E-state index contributed by atoms with van der Waals surface area (Å²) in [6, 6.07) is 14.1. The Labute approximate surface area is 167 Å².